The zero-order valence-electron chi connectivity index (χ0n) is 14.4. The summed E-state index contributed by atoms with van der Waals surface area (Å²) in [7, 11) is -2.57. The molecule has 1 N–H and O–H groups in total. The van der Waals surface area contributed by atoms with Crippen LogP contribution in [0.2, 0.25) is 0 Å². The van der Waals surface area contributed by atoms with Gasteiger partial charge in [-0.05, 0) is 53.8 Å². The van der Waals surface area contributed by atoms with Gasteiger partial charge in [-0.25, -0.2) is 8.42 Å². The maximum atomic E-state index is 12.6. The minimum atomic E-state index is -3.82. The molecule has 0 heterocycles. The molecule has 0 aromatic heterocycles. The van der Waals surface area contributed by atoms with Crippen LogP contribution < -0.4 is 4.72 Å². The molecule has 0 unspecified atom stereocenters. The second-order valence-corrected chi connectivity index (χ2v) is 9.13. The molecule has 0 bridgehead atoms. The maximum absolute atomic E-state index is 12.6. The molecule has 1 atom stereocenters. The van der Waals surface area contributed by atoms with Gasteiger partial charge in [-0.2, -0.15) is 16.5 Å². The summed E-state index contributed by atoms with van der Waals surface area (Å²) in [5.74, 6) is 0.0549. The number of hydrogen-bond acceptors (Lipinski definition) is 5. The van der Waals surface area contributed by atoms with Crippen molar-refractivity contribution in [2.75, 3.05) is 19.1 Å². The number of methoxy groups -OCH3 is 1. The molecule has 0 saturated heterocycles. The molecule has 2 aromatic rings. The van der Waals surface area contributed by atoms with E-state index in [1.54, 1.807) is 12.1 Å². The van der Waals surface area contributed by atoms with Crippen molar-refractivity contribution in [2.24, 2.45) is 0 Å². The third-order valence-electron chi connectivity index (χ3n) is 3.74. The van der Waals surface area contributed by atoms with Crippen LogP contribution in [0.5, 0.6) is 0 Å². The predicted molar refractivity (Wildman–Crippen MR) is 109 cm³/mol. The third kappa shape index (κ3) is 5.57. The van der Waals surface area contributed by atoms with E-state index in [9.17, 15) is 13.2 Å². The summed E-state index contributed by atoms with van der Waals surface area (Å²) in [6.45, 7) is 0. The summed E-state index contributed by atoms with van der Waals surface area (Å²) in [6, 6.07) is 13.4. The van der Waals surface area contributed by atoms with E-state index in [2.05, 4.69) is 20.7 Å². The minimum Gasteiger partial charge on any atom is -0.468 e. The quantitative estimate of drug-likeness (QED) is 0.611. The Labute approximate surface area is 166 Å². The largest absolute Gasteiger partial charge is 0.468 e. The predicted octanol–water partition coefficient (Wildman–Crippen LogP) is 3.69. The molecule has 0 aliphatic heterocycles. The highest BCUT2D eigenvalue weighted by Gasteiger charge is 2.26. The van der Waals surface area contributed by atoms with Crippen LogP contribution in [0.3, 0.4) is 0 Å². The summed E-state index contributed by atoms with van der Waals surface area (Å²) >= 11 is 4.92. The van der Waals surface area contributed by atoms with Crippen molar-refractivity contribution in [3.63, 3.8) is 0 Å². The highest BCUT2D eigenvalue weighted by Crippen LogP contribution is 2.23. The number of rotatable bonds is 8. The SMILES string of the molecule is COC(=O)[C@H](CCSC)NS(=O)(=O)c1ccc(-c2ccc(Br)cc2)cc1. The standard InChI is InChI=1S/C18H20BrNO4S2/c1-24-18(21)17(11-12-25-2)20-26(22,23)16-9-5-14(6-10-16)13-3-7-15(19)8-4-13/h3-10,17,20H,11-12H2,1-2H3/t17-/m0/s1. The number of carbonyl (C=O) groups is 1. The molecule has 0 aliphatic carbocycles. The molecule has 0 spiro atoms. The minimum absolute atomic E-state index is 0.108. The van der Waals surface area contributed by atoms with Crippen LogP contribution in [0.15, 0.2) is 57.9 Å². The van der Waals surface area contributed by atoms with Crippen LogP contribution in [0, 0.1) is 0 Å². The lowest BCUT2D eigenvalue weighted by Crippen LogP contribution is -2.41. The van der Waals surface area contributed by atoms with Crippen molar-refractivity contribution in [1.29, 1.82) is 0 Å². The number of nitrogens with one attached hydrogen (secondary N) is 1. The van der Waals surface area contributed by atoms with E-state index in [0.29, 0.717) is 12.2 Å². The van der Waals surface area contributed by atoms with Gasteiger partial charge in [0.15, 0.2) is 0 Å². The normalized spacial score (nSPS) is 12.6. The molecule has 2 rings (SSSR count). The summed E-state index contributed by atoms with van der Waals surface area (Å²) in [5.41, 5.74) is 1.89. The fraction of sp³-hybridized carbons (Fsp3) is 0.278. The third-order valence-corrected chi connectivity index (χ3v) is 6.40. The van der Waals surface area contributed by atoms with Gasteiger partial charge in [0.2, 0.25) is 10.0 Å². The van der Waals surface area contributed by atoms with Gasteiger partial charge in [0.05, 0.1) is 12.0 Å². The topological polar surface area (TPSA) is 72.5 Å². The molecule has 8 heteroatoms. The number of sulfonamides is 1. The van der Waals surface area contributed by atoms with Crippen LogP contribution >= 0.6 is 27.7 Å². The Morgan fingerprint density at radius 1 is 1.12 bits per heavy atom. The number of ether oxygens (including phenoxy) is 1. The Bertz CT molecular complexity index is 836. The molecule has 140 valence electrons. The smallest absolute Gasteiger partial charge is 0.323 e. The highest BCUT2D eigenvalue weighted by atomic mass is 79.9. The molecule has 0 saturated carbocycles. The van der Waals surface area contributed by atoms with Gasteiger partial charge in [-0.15, -0.1) is 0 Å². The van der Waals surface area contributed by atoms with Gasteiger partial charge in [0.1, 0.15) is 6.04 Å². The molecule has 0 aliphatic rings. The lowest BCUT2D eigenvalue weighted by Gasteiger charge is -2.16. The van der Waals surface area contributed by atoms with E-state index in [0.717, 1.165) is 15.6 Å². The Hall–Kier alpha value is -1.35. The molecule has 0 radical (unpaired) electrons. The fourth-order valence-electron chi connectivity index (χ4n) is 2.33. The lowest BCUT2D eigenvalue weighted by atomic mass is 10.1. The van der Waals surface area contributed by atoms with Gasteiger partial charge in [0.25, 0.3) is 0 Å². The van der Waals surface area contributed by atoms with Crippen LogP contribution in [-0.2, 0) is 19.6 Å². The van der Waals surface area contributed by atoms with Crippen molar-refractivity contribution < 1.29 is 17.9 Å². The number of benzene rings is 2. The molecule has 5 nitrogen and oxygen atoms in total. The fourth-order valence-corrected chi connectivity index (χ4v) is 4.28. The van der Waals surface area contributed by atoms with Crippen molar-refractivity contribution >= 4 is 43.7 Å². The van der Waals surface area contributed by atoms with Crippen LogP contribution in [0.1, 0.15) is 6.42 Å². The van der Waals surface area contributed by atoms with Crippen LogP contribution in [0.4, 0.5) is 0 Å². The molecular weight excluding hydrogens is 438 g/mol. The molecular formula is C18H20BrNO4S2. The second-order valence-electron chi connectivity index (χ2n) is 5.51. The first-order valence-electron chi connectivity index (χ1n) is 7.82. The van der Waals surface area contributed by atoms with Crippen LogP contribution in [-0.4, -0.2) is 39.5 Å². The number of halogens is 1. The van der Waals surface area contributed by atoms with Crippen molar-refractivity contribution in [3.8, 4) is 11.1 Å². The lowest BCUT2D eigenvalue weighted by molar-refractivity contribution is -0.142. The average Bonchev–Trinajstić information content (AvgIpc) is 2.65. The Kier molecular flexibility index (Phi) is 7.69. The summed E-state index contributed by atoms with van der Waals surface area (Å²) in [6.07, 6.45) is 2.26. The first kappa shape index (κ1) is 21.0. The van der Waals surface area contributed by atoms with Crippen LogP contribution in [0.25, 0.3) is 11.1 Å². The average molecular weight is 458 g/mol. The molecule has 26 heavy (non-hydrogen) atoms. The van der Waals surface area contributed by atoms with Gasteiger partial charge in [-0.1, -0.05) is 40.2 Å². The van der Waals surface area contributed by atoms with E-state index >= 15 is 0 Å². The van der Waals surface area contributed by atoms with E-state index in [1.807, 2.05) is 30.5 Å². The maximum Gasteiger partial charge on any atom is 0.323 e. The van der Waals surface area contributed by atoms with Crippen molar-refractivity contribution in [2.45, 2.75) is 17.4 Å². The number of hydrogen-bond donors (Lipinski definition) is 1. The zero-order chi connectivity index (χ0) is 19.2. The van der Waals surface area contributed by atoms with Crippen molar-refractivity contribution in [3.05, 3.63) is 53.0 Å². The first-order chi connectivity index (χ1) is 12.4. The van der Waals surface area contributed by atoms with Gasteiger partial charge >= 0.3 is 5.97 Å². The summed E-state index contributed by atoms with van der Waals surface area (Å²) in [4.78, 5) is 11.9. The number of carbonyl (C=O) groups excluding carboxylic acids is 1. The monoisotopic (exact) mass is 457 g/mol. The van der Waals surface area contributed by atoms with Gasteiger partial charge in [0, 0.05) is 4.47 Å². The Morgan fingerprint density at radius 3 is 2.15 bits per heavy atom. The van der Waals surface area contributed by atoms with E-state index in [1.165, 1.54) is 31.0 Å². The number of esters is 1. The van der Waals surface area contributed by atoms with Crippen molar-refractivity contribution in [1.82, 2.24) is 4.72 Å². The summed E-state index contributed by atoms with van der Waals surface area (Å²) in [5, 5.41) is 0. The van der Waals surface area contributed by atoms with E-state index < -0.39 is 22.0 Å². The Morgan fingerprint density at radius 2 is 1.65 bits per heavy atom. The molecule has 0 amide bonds. The summed E-state index contributed by atoms with van der Waals surface area (Å²) < 4.78 is 33.3. The second kappa shape index (κ2) is 9.55. The van der Waals surface area contributed by atoms with Gasteiger partial charge < -0.3 is 4.74 Å². The Balaban J connectivity index is 2.19. The molecule has 2 aromatic carbocycles. The highest BCUT2D eigenvalue weighted by molar-refractivity contribution is 9.10. The molecule has 0 fully saturated rings. The zero-order valence-corrected chi connectivity index (χ0v) is 17.7. The number of thioether (sulfide) groups is 1. The van der Waals surface area contributed by atoms with E-state index in [4.69, 9.17) is 4.74 Å². The first-order valence-corrected chi connectivity index (χ1v) is 11.5. The van der Waals surface area contributed by atoms with Gasteiger partial charge in [-0.3, -0.25) is 4.79 Å². The van der Waals surface area contributed by atoms with E-state index in [-0.39, 0.29) is 4.90 Å².